The number of hydrogen-bond acceptors (Lipinski definition) is 15. The summed E-state index contributed by atoms with van der Waals surface area (Å²) in [6.07, 6.45) is -0.00892. The third-order valence-electron chi connectivity index (χ3n) is 10.4. The van der Waals surface area contributed by atoms with Gasteiger partial charge in [-0.25, -0.2) is 38.4 Å². The van der Waals surface area contributed by atoms with Crippen molar-refractivity contribution in [3.63, 3.8) is 0 Å². The number of carboxylic acids is 6. The van der Waals surface area contributed by atoms with Crippen LogP contribution in [0.25, 0.3) is 0 Å². The summed E-state index contributed by atoms with van der Waals surface area (Å²) in [6.45, 7) is 2.95. The van der Waals surface area contributed by atoms with Crippen LogP contribution in [0.15, 0.2) is 243 Å². The molecule has 0 heterocycles. The van der Waals surface area contributed by atoms with E-state index in [0.29, 0.717) is 50.9 Å². The third kappa shape index (κ3) is 37.5. The summed E-state index contributed by atoms with van der Waals surface area (Å²) in [5, 5.41) is 91.5. The van der Waals surface area contributed by atoms with Gasteiger partial charge >= 0.3 is 47.8 Å². The van der Waals surface area contributed by atoms with Gasteiger partial charge in [-0.05, 0) is 110 Å². The molecule has 8 aromatic carbocycles. The van der Waals surface area contributed by atoms with E-state index in [2.05, 4.69) is 0 Å². The van der Waals surface area contributed by atoms with Gasteiger partial charge in [-0.1, -0.05) is 153 Å². The predicted octanol–water partition coefficient (Wildman–Crippen LogP) is 9.73. The van der Waals surface area contributed by atoms with Gasteiger partial charge in [0.25, 0.3) is 0 Å². The van der Waals surface area contributed by atoms with Crippen LogP contribution in [0.3, 0.4) is 0 Å². The molecule has 0 bridgehead atoms. The van der Waals surface area contributed by atoms with E-state index in [1.807, 2.05) is 12.1 Å². The first kappa shape index (κ1) is 77.3. The number of carbonyl (C=O) groups is 8. The zero-order valence-electron chi connectivity index (χ0n) is 48.1. The van der Waals surface area contributed by atoms with E-state index < -0.39 is 59.3 Å². The van der Waals surface area contributed by atoms with Crippen molar-refractivity contribution in [2.24, 2.45) is 5.41 Å². The highest BCUT2D eigenvalue weighted by Crippen LogP contribution is 2.11. The zero-order valence-corrected chi connectivity index (χ0v) is 48.1. The Hall–Kier alpha value is -10.7. The lowest BCUT2D eigenvalue weighted by Crippen LogP contribution is -2.29. The lowest BCUT2D eigenvalue weighted by atomic mass is 9.95. The molecule has 0 spiro atoms. The Morgan fingerprint density at radius 3 is 0.636 bits per heavy atom. The molecule has 8 rings (SSSR count). The van der Waals surface area contributed by atoms with E-state index in [-0.39, 0.29) is 39.6 Å². The highest BCUT2D eigenvalue weighted by Gasteiger charge is 2.20. The molecular weight excluding hydrogens is 1140 g/mol. The first-order chi connectivity index (χ1) is 42.1. The Kier molecular flexibility index (Phi) is 41.9. The normalized spacial score (nSPS) is 9.76. The molecule has 0 amide bonds. The second kappa shape index (κ2) is 47.7. The highest BCUT2D eigenvalue weighted by molar-refractivity contribution is 5.91. The van der Waals surface area contributed by atoms with Crippen LogP contribution < -0.4 is 0 Å². The fraction of sp³-hybridized carbons (Fsp3) is 0.164. The minimum Gasteiger partial charge on any atom is -0.478 e. The summed E-state index contributed by atoms with van der Waals surface area (Å²) < 4.78 is 10.3. The van der Waals surface area contributed by atoms with Crippen molar-refractivity contribution in [2.45, 2.75) is 26.4 Å². The van der Waals surface area contributed by atoms with Crippen LogP contribution in [-0.2, 0) is 9.47 Å². The number of carboxylic acid groups (broad SMARTS) is 6. The highest BCUT2D eigenvalue weighted by atomic mass is 16.6. The topological polar surface area (TPSA) is 378 Å². The van der Waals surface area contributed by atoms with Crippen molar-refractivity contribution in [3.8, 4) is 0 Å². The molecule has 21 heteroatoms. The van der Waals surface area contributed by atoms with E-state index in [0.717, 1.165) is 0 Å². The average Bonchev–Trinajstić information content (AvgIpc) is 3.64. The van der Waals surface area contributed by atoms with Crippen molar-refractivity contribution >= 4 is 47.8 Å². The summed E-state index contributed by atoms with van der Waals surface area (Å²) in [7, 11) is 0. The molecule has 88 heavy (non-hydrogen) atoms. The van der Waals surface area contributed by atoms with Gasteiger partial charge in [0.15, 0.2) is 0 Å². The number of carbonyl (C=O) groups excluding carboxylic acids is 2. The summed E-state index contributed by atoms with van der Waals surface area (Å²) in [5.74, 6) is -6.14. The first-order valence-corrected chi connectivity index (χ1v) is 26.3. The lowest BCUT2D eigenvalue weighted by Gasteiger charge is -2.20. The fourth-order valence-electron chi connectivity index (χ4n) is 5.41. The van der Waals surface area contributed by atoms with Crippen molar-refractivity contribution < 1.29 is 104 Å². The fourth-order valence-corrected chi connectivity index (χ4v) is 5.41. The third-order valence-corrected chi connectivity index (χ3v) is 10.4. The molecule has 8 aromatic rings. The van der Waals surface area contributed by atoms with E-state index >= 15 is 0 Å². The molecule has 1 unspecified atom stereocenters. The van der Waals surface area contributed by atoms with Crippen LogP contribution in [0, 0.1) is 5.41 Å². The first-order valence-electron chi connectivity index (χ1n) is 26.3. The van der Waals surface area contributed by atoms with Crippen LogP contribution in [0.4, 0.5) is 0 Å². The van der Waals surface area contributed by atoms with E-state index in [9.17, 15) is 38.4 Å². The smallest absolute Gasteiger partial charge is 0.338 e. The monoisotopic (exact) mass is 1210 g/mol. The molecule has 1 atom stereocenters. The maximum absolute atomic E-state index is 11.8. The average molecular weight is 1210 g/mol. The summed E-state index contributed by atoms with van der Waals surface area (Å²) in [4.78, 5) is 84.8. The van der Waals surface area contributed by atoms with Crippen molar-refractivity contribution in [1.82, 2.24) is 0 Å². The quantitative estimate of drug-likeness (QED) is 0.0401. The number of rotatable bonds is 16. The largest absolute Gasteiger partial charge is 0.478 e. The van der Waals surface area contributed by atoms with Crippen molar-refractivity contribution in [3.05, 3.63) is 287 Å². The number of hydrogen-bond donors (Lipinski definition) is 11. The number of aromatic carboxylic acids is 6. The molecule has 0 aromatic heterocycles. The van der Waals surface area contributed by atoms with Crippen LogP contribution in [0.5, 0.6) is 0 Å². The Bertz CT molecular complexity index is 2760. The predicted molar refractivity (Wildman–Crippen MR) is 327 cm³/mol. The maximum Gasteiger partial charge on any atom is 0.338 e. The molecule has 21 nitrogen and oxygen atoms in total. The SMILES string of the molecule is CC(CO)(CO)CO.CC(COC(=O)c1ccccc1)OC(=O)c1ccccc1.O=C(O)c1ccccc1.O=C(O)c1ccccc1.O=C(O)c1ccccc1.O=C(O)c1ccccc1.O=C(O)c1ccccc1.O=C(O)c1ccccc1.OCCCO. The van der Waals surface area contributed by atoms with E-state index in [1.54, 1.807) is 244 Å². The second-order valence-electron chi connectivity index (χ2n) is 17.7. The molecule has 0 saturated carbocycles. The Morgan fingerprint density at radius 2 is 0.500 bits per heavy atom. The molecule has 0 aliphatic heterocycles. The van der Waals surface area contributed by atoms with Crippen LogP contribution in [0.2, 0.25) is 0 Å². The van der Waals surface area contributed by atoms with Gasteiger partial charge in [0, 0.05) is 18.6 Å². The second-order valence-corrected chi connectivity index (χ2v) is 17.7. The van der Waals surface area contributed by atoms with Gasteiger partial charge in [-0.3, -0.25) is 0 Å². The zero-order chi connectivity index (χ0) is 66.0. The Morgan fingerprint density at radius 1 is 0.318 bits per heavy atom. The van der Waals surface area contributed by atoms with Crippen LogP contribution >= 0.6 is 0 Å². The number of esters is 2. The Balaban J connectivity index is 0.000000998. The number of benzene rings is 8. The van der Waals surface area contributed by atoms with Gasteiger partial charge in [-0.15, -0.1) is 0 Å². The minimum absolute atomic E-state index is 0.0201. The van der Waals surface area contributed by atoms with Gasteiger partial charge in [-0.2, -0.15) is 0 Å². The van der Waals surface area contributed by atoms with Crippen molar-refractivity contribution in [2.75, 3.05) is 39.6 Å². The molecular formula is C67H72O21. The maximum atomic E-state index is 11.8. The van der Waals surface area contributed by atoms with Crippen LogP contribution in [-0.4, -0.2) is 150 Å². The number of aliphatic hydroxyl groups excluding tert-OH is 5. The van der Waals surface area contributed by atoms with E-state index in [1.165, 1.54) is 0 Å². The molecule has 0 aliphatic carbocycles. The van der Waals surface area contributed by atoms with Gasteiger partial charge in [0.2, 0.25) is 0 Å². The van der Waals surface area contributed by atoms with Crippen molar-refractivity contribution in [1.29, 1.82) is 0 Å². The lowest BCUT2D eigenvalue weighted by molar-refractivity contribution is 0.00447. The molecule has 11 N–H and O–H groups in total. The van der Waals surface area contributed by atoms with Gasteiger partial charge in [0.05, 0.1) is 64.3 Å². The summed E-state index contributed by atoms with van der Waals surface area (Å²) >= 11 is 0. The molecule has 0 radical (unpaired) electrons. The summed E-state index contributed by atoms with van der Waals surface area (Å²) in [6, 6.07) is 67.1. The molecule has 0 fully saturated rings. The molecule has 0 saturated heterocycles. The van der Waals surface area contributed by atoms with Gasteiger partial charge in [0.1, 0.15) is 12.7 Å². The molecule has 0 aliphatic rings. The van der Waals surface area contributed by atoms with Crippen LogP contribution in [0.1, 0.15) is 103 Å². The Labute approximate surface area is 508 Å². The summed E-state index contributed by atoms with van der Waals surface area (Å²) in [5.41, 5.74) is 2.22. The number of aliphatic hydroxyl groups is 5. The van der Waals surface area contributed by atoms with Gasteiger partial charge < -0.3 is 65.6 Å². The number of ether oxygens (including phenoxy) is 2. The minimum atomic E-state index is -0.879. The standard InChI is InChI=1S/C17H16O4.6C7H6O2.C5H12O3.C3H8O2/c1-13(21-17(19)15-10-6-3-7-11-15)12-20-16(18)14-8-4-2-5-9-14;6*8-7(9)6-4-2-1-3-5-6;1-5(2-6,3-7)4-8;4-2-1-3-5/h2-11,13H,12H2,1H3;6*1-5H,(H,8,9);6-8H,2-4H2,1H3;4-5H,1-3H2. The molecule has 466 valence electrons. The van der Waals surface area contributed by atoms with E-state index in [4.69, 9.17) is 65.6 Å².